The molecule has 0 heterocycles. The van der Waals surface area contributed by atoms with Crippen LogP contribution in [0, 0.1) is 25.2 Å². The van der Waals surface area contributed by atoms with Crippen molar-refractivity contribution in [2.75, 3.05) is 5.32 Å². The van der Waals surface area contributed by atoms with Crippen LogP contribution in [0.4, 0.5) is 5.69 Å². The molecule has 0 radical (unpaired) electrons. The molecule has 0 bridgehead atoms. The summed E-state index contributed by atoms with van der Waals surface area (Å²) >= 11 is 9.39. The molecule has 0 spiro atoms. The van der Waals surface area contributed by atoms with Gasteiger partial charge in [-0.3, -0.25) is 4.79 Å². The lowest BCUT2D eigenvalue weighted by Crippen LogP contribution is -2.14. The van der Waals surface area contributed by atoms with Gasteiger partial charge in [-0.25, -0.2) is 0 Å². The highest BCUT2D eigenvalue weighted by Crippen LogP contribution is 2.28. The Bertz CT molecular complexity index is 1180. The van der Waals surface area contributed by atoms with Crippen LogP contribution >= 0.6 is 27.5 Å². The maximum Gasteiger partial charge on any atom is 0.266 e. The molecule has 0 unspecified atom stereocenters. The topological polar surface area (TPSA) is 62.1 Å². The molecule has 0 aliphatic carbocycles. The lowest BCUT2D eigenvalue weighted by atomic mass is 10.1. The van der Waals surface area contributed by atoms with E-state index in [9.17, 15) is 10.1 Å². The van der Waals surface area contributed by atoms with Gasteiger partial charge in [0.15, 0.2) is 0 Å². The van der Waals surface area contributed by atoms with E-state index in [1.54, 1.807) is 24.3 Å². The zero-order valence-corrected chi connectivity index (χ0v) is 19.4. The molecule has 0 saturated heterocycles. The van der Waals surface area contributed by atoms with Gasteiger partial charge in [0.05, 0.1) is 4.47 Å². The highest BCUT2D eigenvalue weighted by molar-refractivity contribution is 9.10. The van der Waals surface area contributed by atoms with Crippen molar-refractivity contribution in [2.24, 2.45) is 0 Å². The second-order valence-corrected chi connectivity index (χ2v) is 8.34. The Morgan fingerprint density at radius 2 is 1.87 bits per heavy atom. The maximum absolute atomic E-state index is 12.6. The number of aryl methyl sites for hydroxylation is 2. The summed E-state index contributed by atoms with van der Waals surface area (Å²) in [4.78, 5) is 12.6. The molecule has 3 rings (SSSR count). The van der Waals surface area contributed by atoms with Gasteiger partial charge in [0.1, 0.15) is 24.0 Å². The number of ether oxygens (including phenoxy) is 1. The summed E-state index contributed by atoms with van der Waals surface area (Å²) in [6, 6.07) is 20.5. The lowest BCUT2D eigenvalue weighted by Gasteiger charge is -2.10. The average Bonchev–Trinajstić information content (AvgIpc) is 2.74. The fourth-order valence-corrected chi connectivity index (χ4v) is 3.56. The molecule has 0 atom stereocenters. The molecule has 6 heteroatoms. The molecular weight excluding hydrogens is 476 g/mol. The van der Waals surface area contributed by atoms with E-state index in [0.717, 1.165) is 21.2 Å². The number of rotatable bonds is 6. The van der Waals surface area contributed by atoms with Gasteiger partial charge in [-0.05, 0) is 82.9 Å². The first kappa shape index (κ1) is 22.6. The van der Waals surface area contributed by atoms with Gasteiger partial charge in [0.25, 0.3) is 5.91 Å². The molecule has 1 amide bonds. The van der Waals surface area contributed by atoms with E-state index < -0.39 is 5.91 Å². The standard InChI is InChI=1S/C25H20BrClN2O2/c1-16-3-9-23(17(2)11-16)29-25(30)20(14-28)12-19-6-10-24(22(26)13-19)31-15-18-4-7-21(27)8-5-18/h3-13H,15H2,1-2H3,(H,29,30)/b20-12+. The van der Waals surface area contributed by atoms with Crippen LogP contribution in [-0.2, 0) is 11.4 Å². The first-order valence-corrected chi connectivity index (χ1v) is 10.7. The van der Waals surface area contributed by atoms with Gasteiger partial charge in [-0.2, -0.15) is 5.26 Å². The van der Waals surface area contributed by atoms with Gasteiger partial charge in [-0.15, -0.1) is 0 Å². The monoisotopic (exact) mass is 494 g/mol. The minimum absolute atomic E-state index is 0.0155. The molecule has 0 aliphatic rings. The molecule has 0 saturated carbocycles. The van der Waals surface area contributed by atoms with E-state index in [1.807, 2.05) is 62.4 Å². The van der Waals surface area contributed by atoms with Crippen LogP contribution in [0.15, 0.2) is 70.7 Å². The van der Waals surface area contributed by atoms with Crippen LogP contribution in [0.3, 0.4) is 0 Å². The second-order valence-electron chi connectivity index (χ2n) is 7.05. The molecule has 0 fully saturated rings. The summed E-state index contributed by atoms with van der Waals surface area (Å²) in [5, 5.41) is 13.0. The Balaban J connectivity index is 1.71. The molecule has 0 aliphatic heterocycles. The fraction of sp³-hybridized carbons (Fsp3) is 0.120. The Morgan fingerprint density at radius 3 is 2.52 bits per heavy atom. The summed E-state index contributed by atoms with van der Waals surface area (Å²) in [6.07, 6.45) is 1.55. The van der Waals surface area contributed by atoms with Crippen molar-refractivity contribution in [1.82, 2.24) is 0 Å². The summed E-state index contributed by atoms with van der Waals surface area (Å²) in [6.45, 7) is 4.30. The quantitative estimate of drug-likeness (QED) is 0.301. The van der Waals surface area contributed by atoms with Gasteiger partial charge in [0.2, 0.25) is 0 Å². The van der Waals surface area contributed by atoms with E-state index in [1.165, 1.54) is 0 Å². The third kappa shape index (κ3) is 6.21. The third-order valence-electron chi connectivity index (χ3n) is 4.57. The maximum atomic E-state index is 12.6. The lowest BCUT2D eigenvalue weighted by molar-refractivity contribution is -0.112. The average molecular weight is 496 g/mol. The van der Waals surface area contributed by atoms with E-state index in [-0.39, 0.29) is 5.57 Å². The smallest absolute Gasteiger partial charge is 0.266 e. The van der Waals surface area contributed by atoms with E-state index >= 15 is 0 Å². The Kier molecular flexibility index (Phi) is 7.51. The van der Waals surface area contributed by atoms with Gasteiger partial charge < -0.3 is 10.1 Å². The molecular formula is C25H20BrClN2O2. The number of hydrogen-bond donors (Lipinski definition) is 1. The minimum Gasteiger partial charge on any atom is -0.488 e. The van der Waals surface area contributed by atoms with Gasteiger partial charge in [0, 0.05) is 10.7 Å². The molecule has 3 aromatic rings. The largest absolute Gasteiger partial charge is 0.488 e. The van der Waals surface area contributed by atoms with Crippen molar-refractivity contribution in [3.63, 3.8) is 0 Å². The fourth-order valence-electron chi connectivity index (χ4n) is 2.92. The predicted molar refractivity (Wildman–Crippen MR) is 128 cm³/mol. The van der Waals surface area contributed by atoms with Crippen molar-refractivity contribution < 1.29 is 9.53 Å². The highest BCUT2D eigenvalue weighted by Gasteiger charge is 2.12. The number of nitrogens with one attached hydrogen (secondary N) is 1. The Morgan fingerprint density at radius 1 is 1.13 bits per heavy atom. The van der Waals surface area contributed by atoms with Crippen LogP contribution in [0.5, 0.6) is 5.75 Å². The molecule has 0 aromatic heterocycles. The van der Waals surface area contributed by atoms with Crippen LogP contribution in [0.25, 0.3) is 6.08 Å². The van der Waals surface area contributed by atoms with Crippen molar-refractivity contribution in [1.29, 1.82) is 5.26 Å². The molecule has 4 nitrogen and oxygen atoms in total. The number of benzene rings is 3. The number of anilines is 1. The zero-order chi connectivity index (χ0) is 22.4. The van der Waals surface area contributed by atoms with Crippen molar-refractivity contribution in [2.45, 2.75) is 20.5 Å². The third-order valence-corrected chi connectivity index (χ3v) is 5.44. The Labute approximate surface area is 195 Å². The van der Waals surface area contributed by atoms with Crippen molar-refractivity contribution in [3.8, 4) is 11.8 Å². The highest BCUT2D eigenvalue weighted by atomic mass is 79.9. The second kappa shape index (κ2) is 10.3. The number of halogens is 2. The van der Waals surface area contributed by atoms with Gasteiger partial charge >= 0.3 is 0 Å². The number of nitriles is 1. The summed E-state index contributed by atoms with van der Waals surface area (Å²) in [5.41, 5.74) is 4.45. The van der Waals surface area contributed by atoms with E-state index in [2.05, 4.69) is 21.2 Å². The van der Waals surface area contributed by atoms with Crippen molar-refractivity contribution >= 4 is 45.2 Å². The molecule has 1 N–H and O–H groups in total. The minimum atomic E-state index is -0.450. The SMILES string of the molecule is Cc1ccc(NC(=O)/C(C#N)=C/c2ccc(OCc3ccc(Cl)cc3)c(Br)c2)c(C)c1. The van der Waals surface area contributed by atoms with Crippen LogP contribution in [0.1, 0.15) is 22.3 Å². The summed E-state index contributed by atoms with van der Waals surface area (Å²) < 4.78 is 6.57. The van der Waals surface area contributed by atoms with E-state index in [0.29, 0.717) is 28.6 Å². The Hall–Kier alpha value is -3.07. The number of nitrogens with zero attached hydrogens (tertiary/aromatic N) is 1. The van der Waals surface area contributed by atoms with Crippen LogP contribution in [-0.4, -0.2) is 5.91 Å². The molecule has 156 valence electrons. The van der Waals surface area contributed by atoms with Crippen LogP contribution in [0.2, 0.25) is 5.02 Å². The van der Waals surface area contributed by atoms with Gasteiger partial charge in [-0.1, -0.05) is 47.5 Å². The van der Waals surface area contributed by atoms with Crippen LogP contribution < -0.4 is 10.1 Å². The first-order chi connectivity index (χ1) is 14.9. The number of carbonyl (C=O) groups excluding carboxylic acids is 1. The summed E-state index contributed by atoms with van der Waals surface area (Å²) in [7, 11) is 0. The first-order valence-electron chi connectivity index (χ1n) is 9.53. The normalized spacial score (nSPS) is 11.0. The number of hydrogen-bond acceptors (Lipinski definition) is 3. The van der Waals surface area contributed by atoms with Crippen molar-refractivity contribution in [3.05, 3.63) is 98.0 Å². The number of carbonyl (C=O) groups is 1. The molecule has 3 aromatic carbocycles. The predicted octanol–water partition coefficient (Wildman–Crippen LogP) is 6.84. The van der Waals surface area contributed by atoms with E-state index in [4.69, 9.17) is 16.3 Å². The number of amides is 1. The zero-order valence-electron chi connectivity index (χ0n) is 17.1. The molecule has 31 heavy (non-hydrogen) atoms. The summed E-state index contributed by atoms with van der Waals surface area (Å²) in [5.74, 6) is 0.207.